The van der Waals surface area contributed by atoms with Crippen LogP contribution in [0.2, 0.25) is 0 Å². The van der Waals surface area contributed by atoms with E-state index in [0.29, 0.717) is 6.61 Å². The zero-order valence-electron chi connectivity index (χ0n) is 6.32. The predicted molar refractivity (Wildman–Crippen MR) is 45.8 cm³/mol. The van der Waals surface area contributed by atoms with Crippen LogP contribution in [0.5, 0.6) is 0 Å². The highest BCUT2D eigenvalue weighted by atomic mass is 32.2. The molecule has 0 fully saturated rings. The summed E-state index contributed by atoms with van der Waals surface area (Å²) in [7, 11) is 0. The number of hydrogen-bond donors (Lipinski definition) is 0. The lowest BCUT2D eigenvalue weighted by Crippen LogP contribution is -1.88. The van der Waals surface area contributed by atoms with Crippen molar-refractivity contribution >= 4 is 12.0 Å². The van der Waals surface area contributed by atoms with Crippen LogP contribution in [0.4, 0.5) is 0 Å². The number of hydrogen-bond acceptors (Lipinski definition) is 3. The Bertz CT molecular complexity index is 189. The summed E-state index contributed by atoms with van der Waals surface area (Å²) in [6.45, 7) is 0.502. The Morgan fingerprint density at radius 1 is 1.27 bits per heavy atom. The number of rotatable bonds is 4. The van der Waals surface area contributed by atoms with Crippen LogP contribution in [0.3, 0.4) is 0 Å². The standard InChI is InChI=1S/C8H10O2S/c1-11-10-9-7-8-5-3-2-4-6-8/h2-6H,7H2,1H3. The lowest BCUT2D eigenvalue weighted by atomic mass is 10.2. The Hall–Kier alpha value is -0.510. The summed E-state index contributed by atoms with van der Waals surface area (Å²) in [5.74, 6) is 0. The zero-order chi connectivity index (χ0) is 7.94. The van der Waals surface area contributed by atoms with E-state index < -0.39 is 0 Å². The lowest BCUT2D eigenvalue weighted by Gasteiger charge is -1.99. The minimum absolute atomic E-state index is 0.502. The van der Waals surface area contributed by atoms with Crippen molar-refractivity contribution in [2.45, 2.75) is 6.61 Å². The molecule has 0 atom stereocenters. The molecule has 0 saturated carbocycles. The van der Waals surface area contributed by atoms with Gasteiger partial charge < -0.3 is 0 Å². The molecule has 0 amide bonds. The quantitative estimate of drug-likeness (QED) is 0.299. The van der Waals surface area contributed by atoms with Crippen LogP contribution >= 0.6 is 12.0 Å². The van der Waals surface area contributed by atoms with Crippen molar-refractivity contribution in [3.05, 3.63) is 35.9 Å². The fourth-order valence-electron chi connectivity index (χ4n) is 0.714. The Kier molecular flexibility index (Phi) is 4.04. The average Bonchev–Trinajstić information content (AvgIpc) is 2.07. The third-order valence-electron chi connectivity index (χ3n) is 1.18. The molecule has 0 spiro atoms. The van der Waals surface area contributed by atoms with E-state index in [9.17, 15) is 0 Å². The van der Waals surface area contributed by atoms with E-state index in [0.717, 1.165) is 5.56 Å². The van der Waals surface area contributed by atoms with Gasteiger partial charge in [-0.25, -0.2) is 4.89 Å². The van der Waals surface area contributed by atoms with Gasteiger partial charge in [0.2, 0.25) is 0 Å². The summed E-state index contributed by atoms with van der Waals surface area (Å²) in [5, 5.41) is 0. The van der Waals surface area contributed by atoms with E-state index in [2.05, 4.69) is 4.33 Å². The summed E-state index contributed by atoms with van der Waals surface area (Å²) in [4.78, 5) is 4.83. The van der Waals surface area contributed by atoms with Crippen LogP contribution in [0, 0.1) is 0 Å². The van der Waals surface area contributed by atoms with Crippen LogP contribution in [-0.4, -0.2) is 6.26 Å². The van der Waals surface area contributed by atoms with Gasteiger partial charge in [0, 0.05) is 18.3 Å². The Morgan fingerprint density at radius 3 is 2.64 bits per heavy atom. The molecule has 0 aliphatic heterocycles. The van der Waals surface area contributed by atoms with E-state index in [1.165, 1.54) is 12.0 Å². The molecule has 1 aromatic carbocycles. The molecule has 11 heavy (non-hydrogen) atoms. The van der Waals surface area contributed by atoms with Crippen molar-refractivity contribution < 1.29 is 9.22 Å². The fourth-order valence-corrected chi connectivity index (χ4v) is 0.859. The van der Waals surface area contributed by atoms with E-state index in [4.69, 9.17) is 4.89 Å². The average molecular weight is 170 g/mol. The van der Waals surface area contributed by atoms with Gasteiger partial charge in [0.15, 0.2) is 0 Å². The first-order valence-electron chi connectivity index (χ1n) is 3.29. The number of benzene rings is 1. The van der Waals surface area contributed by atoms with Gasteiger partial charge in [-0.1, -0.05) is 30.3 Å². The smallest absolute Gasteiger partial charge is 0.109 e. The Morgan fingerprint density at radius 2 is 2.00 bits per heavy atom. The van der Waals surface area contributed by atoms with Crippen molar-refractivity contribution in [1.29, 1.82) is 0 Å². The second-order valence-corrected chi connectivity index (χ2v) is 2.45. The zero-order valence-corrected chi connectivity index (χ0v) is 7.14. The molecule has 0 bridgehead atoms. The Labute approximate surface area is 70.6 Å². The maximum absolute atomic E-state index is 4.83. The molecule has 0 saturated heterocycles. The van der Waals surface area contributed by atoms with Gasteiger partial charge in [0.25, 0.3) is 0 Å². The third kappa shape index (κ3) is 3.41. The molecule has 0 aromatic heterocycles. The van der Waals surface area contributed by atoms with Crippen molar-refractivity contribution in [2.75, 3.05) is 6.26 Å². The molecule has 0 aliphatic carbocycles. The van der Waals surface area contributed by atoms with Crippen molar-refractivity contribution in [1.82, 2.24) is 0 Å². The summed E-state index contributed by atoms with van der Waals surface area (Å²) < 4.78 is 4.65. The first kappa shape index (κ1) is 8.59. The molecule has 0 unspecified atom stereocenters. The normalized spacial score (nSPS) is 9.91. The molecule has 0 heterocycles. The van der Waals surface area contributed by atoms with E-state index in [-0.39, 0.29) is 0 Å². The van der Waals surface area contributed by atoms with Crippen LogP contribution in [0.25, 0.3) is 0 Å². The topological polar surface area (TPSA) is 18.5 Å². The molecular weight excluding hydrogens is 160 g/mol. The maximum Gasteiger partial charge on any atom is 0.109 e. The lowest BCUT2D eigenvalue weighted by molar-refractivity contribution is -0.201. The molecule has 1 rings (SSSR count). The highest BCUT2D eigenvalue weighted by molar-refractivity contribution is 7.93. The van der Waals surface area contributed by atoms with Gasteiger partial charge in [0.1, 0.15) is 6.61 Å². The Balaban J connectivity index is 2.28. The summed E-state index contributed by atoms with van der Waals surface area (Å²) in [6.07, 6.45) is 1.81. The van der Waals surface area contributed by atoms with Gasteiger partial charge in [0.05, 0.1) is 0 Å². The maximum atomic E-state index is 4.83. The largest absolute Gasteiger partial charge is 0.220 e. The van der Waals surface area contributed by atoms with Crippen molar-refractivity contribution in [2.24, 2.45) is 0 Å². The van der Waals surface area contributed by atoms with Crippen LogP contribution < -0.4 is 0 Å². The van der Waals surface area contributed by atoms with E-state index in [1.807, 2.05) is 36.6 Å². The summed E-state index contributed by atoms with van der Waals surface area (Å²) >= 11 is 1.20. The van der Waals surface area contributed by atoms with Crippen molar-refractivity contribution in [3.8, 4) is 0 Å². The molecule has 1 aromatic rings. The highest BCUT2D eigenvalue weighted by Crippen LogP contribution is 2.03. The highest BCUT2D eigenvalue weighted by Gasteiger charge is 1.89. The fraction of sp³-hybridized carbons (Fsp3) is 0.250. The third-order valence-corrected chi connectivity index (χ3v) is 1.42. The molecule has 3 heteroatoms. The van der Waals surface area contributed by atoms with Gasteiger partial charge >= 0.3 is 0 Å². The summed E-state index contributed by atoms with van der Waals surface area (Å²) in [5.41, 5.74) is 1.11. The van der Waals surface area contributed by atoms with Gasteiger partial charge in [-0.15, -0.1) is 0 Å². The summed E-state index contributed by atoms with van der Waals surface area (Å²) in [6, 6.07) is 9.89. The van der Waals surface area contributed by atoms with Crippen LogP contribution in [0.15, 0.2) is 30.3 Å². The van der Waals surface area contributed by atoms with E-state index >= 15 is 0 Å². The molecule has 60 valence electrons. The molecular formula is C8H10O2S. The minimum Gasteiger partial charge on any atom is -0.220 e. The van der Waals surface area contributed by atoms with Gasteiger partial charge in [-0.05, 0) is 5.56 Å². The molecule has 2 nitrogen and oxygen atoms in total. The predicted octanol–water partition coefficient (Wildman–Crippen LogP) is 2.41. The van der Waals surface area contributed by atoms with Crippen LogP contribution in [0.1, 0.15) is 5.56 Å². The molecule has 0 radical (unpaired) electrons. The second kappa shape index (κ2) is 5.18. The van der Waals surface area contributed by atoms with Crippen LogP contribution in [-0.2, 0) is 15.8 Å². The first-order valence-corrected chi connectivity index (χ1v) is 4.44. The van der Waals surface area contributed by atoms with Gasteiger partial charge in [-0.3, -0.25) is 0 Å². The minimum atomic E-state index is 0.502. The SMILES string of the molecule is CSOOCc1ccccc1. The molecule has 0 aliphatic rings. The molecule has 0 N–H and O–H groups in total. The second-order valence-electron chi connectivity index (χ2n) is 1.98. The van der Waals surface area contributed by atoms with Gasteiger partial charge in [-0.2, -0.15) is 4.33 Å². The monoisotopic (exact) mass is 170 g/mol. The first-order chi connectivity index (χ1) is 5.43. The van der Waals surface area contributed by atoms with Crippen molar-refractivity contribution in [3.63, 3.8) is 0 Å². The van der Waals surface area contributed by atoms with E-state index in [1.54, 1.807) is 0 Å².